The quantitative estimate of drug-likeness (QED) is 0.778. The third kappa shape index (κ3) is 2.11. The molecule has 1 aromatic rings. The van der Waals surface area contributed by atoms with E-state index in [9.17, 15) is 5.11 Å². The Morgan fingerprint density at radius 1 is 1.35 bits per heavy atom. The minimum Gasteiger partial charge on any atom is -0.399 e. The summed E-state index contributed by atoms with van der Waals surface area (Å²) in [6.07, 6.45) is 6.70. The normalized spacial score (nSPS) is 24.1. The van der Waals surface area contributed by atoms with Crippen molar-refractivity contribution in [3.05, 3.63) is 42.0 Å². The second-order valence-corrected chi connectivity index (χ2v) is 4.38. The lowest BCUT2D eigenvalue weighted by Gasteiger charge is -2.32. The number of nitrogen functional groups attached to an aromatic ring is 1. The zero-order valence-corrected chi connectivity index (χ0v) is 10.0. The summed E-state index contributed by atoms with van der Waals surface area (Å²) < 4.78 is 0. The van der Waals surface area contributed by atoms with Gasteiger partial charge in [-0.3, -0.25) is 4.99 Å². The molecule has 1 aliphatic heterocycles. The van der Waals surface area contributed by atoms with Gasteiger partial charge in [0.1, 0.15) is 0 Å². The summed E-state index contributed by atoms with van der Waals surface area (Å²) in [6.45, 7) is 2.17. The molecule has 17 heavy (non-hydrogen) atoms. The van der Waals surface area contributed by atoms with Crippen LogP contribution in [-0.4, -0.2) is 23.5 Å². The fraction of sp³-hybridized carbons (Fsp3) is 0.357. The number of allylic oxidation sites excluding steroid dienone is 1. The number of nitrogens with two attached hydrogens (primary N) is 1. The highest BCUT2D eigenvalue weighted by Gasteiger charge is 2.36. The van der Waals surface area contributed by atoms with Crippen LogP contribution in [0.25, 0.3) is 0 Å². The fourth-order valence-corrected chi connectivity index (χ4v) is 2.38. The van der Waals surface area contributed by atoms with Crippen LogP contribution in [0.2, 0.25) is 0 Å². The van der Waals surface area contributed by atoms with Crippen molar-refractivity contribution in [3.63, 3.8) is 0 Å². The molecule has 1 heterocycles. The SMILES string of the molecule is CCC1(C(CO)c2ccc(N)cc2)C=CC=N1. The van der Waals surface area contributed by atoms with Crippen molar-refractivity contribution in [1.29, 1.82) is 0 Å². The number of benzene rings is 1. The van der Waals surface area contributed by atoms with Crippen LogP contribution in [0, 0.1) is 0 Å². The van der Waals surface area contributed by atoms with Crippen molar-refractivity contribution >= 4 is 11.9 Å². The summed E-state index contributed by atoms with van der Waals surface area (Å²) in [5.74, 6) is -0.0110. The van der Waals surface area contributed by atoms with Crippen LogP contribution < -0.4 is 5.73 Å². The number of aliphatic hydroxyl groups excluding tert-OH is 1. The van der Waals surface area contributed by atoms with E-state index < -0.39 is 0 Å². The number of aliphatic imine (C=N–C) groups is 1. The second-order valence-electron chi connectivity index (χ2n) is 4.38. The van der Waals surface area contributed by atoms with E-state index in [1.165, 1.54) is 0 Å². The van der Waals surface area contributed by atoms with E-state index in [0.717, 1.165) is 17.7 Å². The van der Waals surface area contributed by atoms with E-state index in [1.54, 1.807) is 0 Å². The Kier molecular flexibility index (Phi) is 3.29. The summed E-state index contributed by atoms with van der Waals surface area (Å²) >= 11 is 0. The molecule has 3 heteroatoms. The Morgan fingerprint density at radius 3 is 2.53 bits per heavy atom. The molecular weight excluding hydrogens is 212 g/mol. The highest BCUT2D eigenvalue weighted by Crippen LogP contribution is 2.37. The zero-order valence-electron chi connectivity index (χ0n) is 10.0. The molecule has 0 fully saturated rings. The van der Waals surface area contributed by atoms with Crippen molar-refractivity contribution in [2.24, 2.45) is 4.99 Å². The van der Waals surface area contributed by atoms with E-state index in [2.05, 4.69) is 18.0 Å². The highest BCUT2D eigenvalue weighted by molar-refractivity contribution is 5.75. The van der Waals surface area contributed by atoms with E-state index in [-0.39, 0.29) is 18.1 Å². The molecule has 0 aliphatic carbocycles. The van der Waals surface area contributed by atoms with Crippen molar-refractivity contribution < 1.29 is 5.11 Å². The molecule has 3 N–H and O–H groups in total. The molecule has 1 aliphatic rings. The molecular formula is C14H18N2O. The molecule has 90 valence electrons. The van der Waals surface area contributed by atoms with Crippen molar-refractivity contribution in [2.45, 2.75) is 24.8 Å². The first-order chi connectivity index (χ1) is 8.22. The van der Waals surface area contributed by atoms with Gasteiger partial charge in [0.15, 0.2) is 0 Å². The van der Waals surface area contributed by atoms with Gasteiger partial charge in [-0.15, -0.1) is 0 Å². The van der Waals surface area contributed by atoms with Gasteiger partial charge in [-0.2, -0.15) is 0 Å². The Bertz CT molecular complexity index is 422. The number of hydrogen-bond acceptors (Lipinski definition) is 3. The average molecular weight is 230 g/mol. The van der Waals surface area contributed by atoms with Gasteiger partial charge in [0.2, 0.25) is 0 Å². The lowest BCUT2D eigenvalue weighted by molar-refractivity contribution is 0.224. The maximum Gasteiger partial charge on any atom is 0.0878 e. The predicted octanol–water partition coefficient (Wildman–Crippen LogP) is 2.13. The van der Waals surface area contributed by atoms with Crippen molar-refractivity contribution in [1.82, 2.24) is 0 Å². The van der Waals surface area contributed by atoms with Crippen molar-refractivity contribution in [3.8, 4) is 0 Å². The van der Waals surface area contributed by atoms with E-state index in [1.807, 2.05) is 36.6 Å². The molecule has 2 rings (SSSR count). The number of aliphatic hydroxyl groups is 1. The van der Waals surface area contributed by atoms with Gasteiger partial charge in [0, 0.05) is 17.8 Å². The number of rotatable bonds is 4. The fourth-order valence-electron chi connectivity index (χ4n) is 2.38. The average Bonchev–Trinajstić information content (AvgIpc) is 2.82. The maximum absolute atomic E-state index is 9.67. The van der Waals surface area contributed by atoms with Gasteiger partial charge in [0.25, 0.3) is 0 Å². The molecule has 1 aromatic carbocycles. The van der Waals surface area contributed by atoms with Crippen LogP contribution in [0.1, 0.15) is 24.8 Å². The van der Waals surface area contributed by atoms with Crippen LogP contribution >= 0.6 is 0 Å². The smallest absolute Gasteiger partial charge is 0.0878 e. The largest absolute Gasteiger partial charge is 0.399 e. The van der Waals surface area contributed by atoms with Crippen molar-refractivity contribution in [2.75, 3.05) is 12.3 Å². The summed E-state index contributed by atoms with van der Waals surface area (Å²) in [4.78, 5) is 4.53. The van der Waals surface area contributed by atoms with Gasteiger partial charge in [-0.05, 0) is 30.2 Å². The molecule has 0 aromatic heterocycles. The number of anilines is 1. The third-order valence-corrected chi connectivity index (χ3v) is 3.48. The molecule has 3 nitrogen and oxygen atoms in total. The molecule has 0 amide bonds. The predicted molar refractivity (Wildman–Crippen MR) is 71.3 cm³/mol. The minimum atomic E-state index is -0.301. The number of nitrogens with zero attached hydrogens (tertiary/aromatic N) is 1. The molecule has 0 saturated carbocycles. The lowest BCUT2D eigenvalue weighted by atomic mass is 9.78. The first kappa shape index (κ1) is 11.9. The topological polar surface area (TPSA) is 58.6 Å². The van der Waals surface area contributed by atoms with E-state index >= 15 is 0 Å². The minimum absolute atomic E-state index is 0.0110. The van der Waals surface area contributed by atoms with Crippen LogP contribution in [0.15, 0.2) is 41.4 Å². The van der Waals surface area contributed by atoms with Crippen LogP contribution in [-0.2, 0) is 0 Å². The first-order valence-corrected chi connectivity index (χ1v) is 5.91. The highest BCUT2D eigenvalue weighted by atomic mass is 16.3. The molecule has 0 spiro atoms. The molecule has 2 unspecified atom stereocenters. The monoisotopic (exact) mass is 230 g/mol. The molecule has 0 radical (unpaired) electrons. The molecule has 0 saturated heterocycles. The zero-order chi connectivity index (χ0) is 12.3. The van der Waals surface area contributed by atoms with Gasteiger partial charge in [-0.1, -0.05) is 25.1 Å². The summed E-state index contributed by atoms with van der Waals surface area (Å²) in [6, 6.07) is 7.66. The first-order valence-electron chi connectivity index (χ1n) is 5.91. The third-order valence-electron chi connectivity index (χ3n) is 3.48. The summed E-state index contributed by atoms with van der Waals surface area (Å²) in [5.41, 5.74) is 7.19. The van der Waals surface area contributed by atoms with Gasteiger partial charge < -0.3 is 10.8 Å². The second kappa shape index (κ2) is 4.72. The Hall–Kier alpha value is -1.61. The maximum atomic E-state index is 9.67. The van der Waals surface area contributed by atoms with Gasteiger partial charge >= 0.3 is 0 Å². The number of hydrogen-bond donors (Lipinski definition) is 2. The van der Waals surface area contributed by atoms with Gasteiger partial charge in [0.05, 0.1) is 12.1 Å². The Balaban J connectivity index is 2.36. The standard InChI is InChI=1S/C14H18N2O/c1-2-14(8-3-9-16-14)13(10-17)11-4-6-12(15)7-5-11/h3-9,13,17H,2,10,15H2,1H3. The molecule has 0 bridgehead atoms. The Morgan fingerprint density at radius 2 is 2.06 bits per heavy atom. The Labute approximate surface area is 102 Å². The van der Waals surface area contributed by atoms with E-state index in [0.29, 0.717) is 0 Å². The summed E-state index contributed by atoms with van der Waals surface area (Å²) in [7, 11) is 0. The molecule has 2 atom stereocenters. The van der Waals surface area contributed by atoms with Gasteiger partial charge in [-0.25, -0.2) is 0 Å². The van der Waals surface area contributed by atoms with E-state index in [4.69, 9.17) is 5.73 Å². The van der Waals surface area contributed by atoms with Crippen LogP contribution in [0.3, 0.4) is 0 Å². The van der Waals surface area contributed by atoms with Crippen LogP contribution in [0.5, 0.6) is 0 Å². The lowest BCUT2D eigenvalue weighted by Crippen LogP contribution is -2.32. The van der Waals surface area contributed by atoms with Crippen LogP contribution in [0.4, 0.5) is 5.69 Å². The summed E-state index contributed by atoms with van der Waals surface area (Å²) in [5, 5.41) is 9.67.